The Kier molecular flexibility index (Phi) is 5.03. The maximum atomic E-state index is 11.3. The summed E-state index contributed by atoms with van der Waals surface area (Å²) in [6, 6.07) is 9.07. The second-order valence-corrected chi connectivity index (χ2v) is 8.28. The fourth-order valence-electron chi connectivity index (χ4n) is 3.45. The Morgan fingerprint density at radius 3 is 2.81 bits per heavy atom. The van der Waals surface area contributed by atoms with E-state index in [0.717, 1.165) is 16.5 Å². The van der Waals surface area contributed by atoms with Crippen LogP contribution in [0.5, 0.6) is 0 Å². The van der Waals surface area contributed by atoms with Gasteiger partial charge in [-0.25, -0.2) is 4.98 Å². The van der Waals surface area contributed by atoms with E-state index < -0.39 is 5.60 Å². The maximum Gasteiger partial charge on any atom is 0.253 e. The monoisotopic (exact) mass is 546 g/mol. The molecule has 31 heavy (non-hydrogen) atoms. The quantitative estimate of drug-likeness (QED) is 0.251. The molecule has 5 aromatic rings. The Hall–Kier alpha value is -2.76. The summed E-state index contributed by atoms with van der Waals surface area (Å²) in [5, 5.41) is 25.2. The molecule has 1 unspecified atom stereocenters. The molecule has 5 rings (SSSR count). The summed E-state index contributed by atoms with van der Waals surface area (Å²) >= 11 is 8.41. The molecule has 8 nitrogen and oxygen atoms in total. The maximum absolute atomic E-state index is 11.3. The zero-order valence-electron chi connectivity index (χ0n) is 16.3. The molecule has 0 aliphatic carbocycles. The van der Waals surface area contributed by atoms with Crippen molar-refractivity contribution in [3.05, 3.63) is 71.6 Å². The van der Waals surface area contributed by atoms with E-state index in [1.165, 1.54) is 0 Å². The summed E-state index contributed by atoms with van der Waals surface area (Å²) in [5.74, 6) is 0.359. The number of benzene rings is 1. The van der Waals surface area contributed by atoms with Crippen LogP contribution in [0.25, 0.3) is 33.6 Å². The first kappa shape index (κ1) is 20.2. The van der Waals surface area contributed by atoms with E-state index >= 15 is 0 Å². The van der Waals surface area contributed by atoms with Crippen molar-refractivity contribution in [3.63, 3.8) is 0 Å². The number of rotatable bonds is 5. The van der Waals surface area contributed by atoms with Crippen molar-refractivity contribution < 1.29 is 9.52 Å². The van der Waals surface area contributed by atoms with Crippen LogP contribution in [0.1, 0.15) is 11.5 Å². The number of hydrogen-bond acceptors (Lipinski definition) is 6. The first-order valence-electron chi connectivity index (χ1n) is 9.33. The molecule has 1 aromatic carbocycles. The zero-order chi connectivity index (χ0) is 21.6. The number of pyridine rings is 1. The Morgan fingerprint density at radius 1 is 1.23 bits per heavy atom. The number of halogens is 2. The Labute approximate surface area is 195 Å². The molecule has 0 fully saturated rings. The summed E-state index contributed by atoms with van der Waals surface area (Å²) in [6.45, 7) is 0. The van der Waals surface area contributed by atoms with Crippen molar-refractivity contribution in [2.24, 2.45) is 7.05 Å². The molecule has 0 aliphatic rings. The standard InChI is InChI=1S/C21H16ClIN6O2/c1-29-10-13(8-26-29)12-6-14-15(9-25-18(14)24-7-12)19-27-28-20(31-19)21(30,11-23)16-4-2-3-5-17(16)22/h2-10,30H,11H2,1H3,(H,24,25). The number of aromatic amines is 1. The molecule has 4 heterocycles. The van der Waals surface area contributed by atoms with Crippen molar-refractivity contribution in [1.29, 1.82) is 0 Å². The minimum Gasteiger partial charge on any atom is -0.417 e. The van der Waals surface area contributed by atoms with Crippen LogP contribution in [0.15, 0.2) is 59.5 Å². The van der Waals surface area contributed by atoms with Gasteiger partial charge in [0.25, 0.3) is 5.89 Å². The zero-order valence-corrected chi connectivity index (χ0v) is 19.2. The van der Waals surface area contributed by atoms with Gasteiger partial charge in [-0.3, -0.25) is 4.68 Å². The Bertz CT molecular complexity index is 1390. The number of aromatic nitrogens is 6. The molecule has 0 saturated carbocycles. The fourth-order valence-corrected chi connectivity index (χ4v) is 4.48. The number of aryl methyl sites for hydroxylation is 1. The van der Waals surface area contributed by atoms with Crippen LogP contribution in [0.2, 0.25) is 5.02 Å². The van der Waals surface area contributed by atoms with Crippen LogP contribution in [0, 0.1) is 0 Å². The van der Waals surface area contributed by atoms with Gasteiger partial charge < -0.3 is 14.5 Å². The molecule has 0 spiro atoms. The molecule has 0 aliphatic heterocycles. The molecule has 10 heteroatoms. The molecule has 0 radical (unpaired) electrons. The Balaban J connectivity index is 1.59. The van der Waals surface area contributed by atoms with Gasteiger partial charge in [0.05, 0.1) is 11.8 Å². The third-order valence-corrected chi connectivity index (χ3v) is 6.52. The van der Waals surface area contributed by atoms with Crippen molar-refractivity contribution in [1.82, 2.24) is 29.9 Å². The minimum absolute atomic E-state index is 0.0794. The van der Waals surface area contributed by atoms with E-state index in [1.807, 2.05) is 19.3 Å². The van der Waals surface area contributed by atoms with E-state index in [1.54, 1.807) is 47.5 Å². The fraction of sp³-hybridized carbons (Fsp3) is 0.143. The minimum atomic E-state index is -1.50. The molecule has 0 amide bonds. The van der Waals surface area contributed by atoms with Crippen LogP contribution >= 0.6 is 34.2 Å². The molecule has 4 aromatic heterocycles. The first-order chi connectivity index (χ1) is 15.0. The van der Waals surface area contributed by atoms with Gasteiger partial charge in [0.15, 0.2) is 5.60 Å². The van der Waals surface area contributed by atoms with Crippen LogP contribution in [0.4, 0.5) is 0 Å². The number of nitrogens with one attached hydrogen (secondary N) is 1. The number of aliphatic hydroxyl groups is 1. The second-order valence-electron chi connectivity index (χ2n) is 7.11. The van der Waals surface area contributed by atoms with Crippen molar-refractivity contribution in [3.8, 4) is 22.6 Å². The molecule has 156 valence electrons. The van der Waals surface area contributed by atoms with Gasteiger partial charge in [-0.15, -0.1) is 10.2 Å². The molecule has 0 saturated heterocycles. The van der Waals surface area contributed by atoms with E-state index in [2.05, 4.69) is 47.9 Å². The lowest BCUT2D eigenvalue weighted by Crippen LogP contribution is -2.30. The van der Waals surface area contributed by atoms with Gasteiger partial charge in [-0.1, -0.05) is 52.4 Å². The molecule has 0 bridgehead atoms. The topological polar surface area (TPSA) is 106 Å². The normalized spacial score (nSPS) is 13.5. The highest BCUT2D eigenvalue weighted by Gasteiger charge is 2.38. The van der Waals surface area contributed by atoms with Crippen molar-refractivity contribution >= 4 is 45.2 Å². The number of alkyl halides is 1. The Morgan fingerprint density at radius 2 is 2.06 bits per heavy atom. The highest BCUT2D eigenvalue weighted by molar-refractivity contribution is 14.1. The number of hydrogen-bond donors (Lipinski definition) is 2. The molecule has 1 atom stereocenters. The van der Waals surface area contributed by atoms with Gasteiger partial charge in [-0.05, 0) is 12.1 Å². The van der Waals surface area contributed by atoms with E-state index in [0.29, 0.717) is 21.8 Å². The predicted molar refractivity (Wildman–Crippen MR) is 125 cm³/mol. The average molecular weight is 547 g/mol. The van der Waals surface area contributed by atoms with Crippen LogP contribution in [-0.4, -0.2) is 39.5 Å². The largest absolute Gasteiger partial charge is 0.417 e. The summed E-state index contributed by atoms with van der Waals surface area (Å²) in [7, 11) is 1.87. The van der Waals surface area contributed by atoms with Gasteiger partial charge in [0.2, 0.25) is 5.89 Å². The average Bonchev–Trinajstić information content (AvgIpc) is 3.52. The number of H-pyrrole nitrogens is 1. The molecular formula is C21H16ClIN6O2. The van der Waals surface area contributed by atoms with Crippen molar-refractivity contribution in [2.75, 3.05) is 4.43 Å². The van der Waals surface area contributed by atoms with Gasteiger partial charge in [-0.2, -0.15) is 5.10 Å². The van der Waals surface area contributed by atoms with E-state index in [-0.39, 0.29) is 16.2 Å². The van der Waals surface area contributed by atoms with Crippen LogP contribution < -0.4 is 0 Å². The lowest BCUT2D eigenvalue weighted by Gasteiger charge is -2.23. The lowest BCUT2D eigenvalue weighted by molar-refractivity contribution is 0.0794. The molecule has 2 N–H and O–H groups in total. The van der Waals surface area contributed by atoms with Gasteiger partial charge >= 0.3 is 0 Å². The van der Waals surface area contributed by atoms with E-state index in [9.17, 15) is 5.11 Å². The number of nitrogens with zero attached hydrogens (tertiary/aromatic N) is 5. The lowest BCUT2D eigenvalue weighted by atomic mass is 9.96. The van der Waals surface area contributed by atoms with E-state index in [4.69, 9.17) is 16.0 Å². The van der Waals surface area contributed by atoms with Gasteiger partial charge in [0.1, 0.15) is 5.65 Å². The number of fused-ring (bicyclic) bond motifs is 1. The van der Waals surface area contributed by atoms with Crippen molar-refractivity contribution in [2.45, 2.75) is 5.60 Å². The van der Waals surface area contributed by atoms with Crippen LogP contribution in [0.3, 0.4) is 0 Å². The second kappa shape index (κ2) is 7.74. The third kappa shape index (κ3) is 3.42. The summed E-state index contributed by atoms with van der Waals surface area (Å²) in [4.78, 5) is 7.62. The smallest absolute Gasteiger partial charge is 0.253 e. The summed E-state index contributed by atoms with van der Waals surface area (Å²) < 4.78 is 7.98. The molecular weight excluding hydrogens is 531 g/mol. The first-order valence-corrected chi connectivity index (χ1v) is 11.2. The highest BCUT2D eigenvalue weighted by atomic mass is 127. The van der Waals surface area contributed by atoms with Crippen LogP contribution in [-0.2, 0) is 12.6 Å². The SMILES string of the molecule is Cn1cc(-c2cnc3[nH]cc(-c4nnc(C(O)(CI)c5ccccc5Cl)o4)c3c2)cn1. The summed E-state index contributed by atoms with van der Waals surface area (Å²) in [5.41, 5.74) is 2.27. The predicted octanol–water partition coefficient (Wildman–Crippen LogP) is 4.34. The van der Waals surface area contributed by atoms with Gasteiger partial charge in [0, 0.05) is 57.2 Å². The third-order valence-electron chi connectivity index (χ3n) is 5.09. The summed E-state index contributed by atoms with van der Waals surface area (Å²) in [6.07, 6.45) is 7.25. The highest BCUT2D eigenvalue weighted by Crippen LogP contribution is 2.37.